The summed E-state index contributed by atoms with van der Waals surface area (Å²) in [4.78, 5) is 0. The number of unbranched alkanes of at least 4 members (excludes halogenated alkanes) is 9. The van der Waals surface area contributed by atoms with E-state index in [9.17, 15) is 0 Å². The summed E-state index contributed by atoms with van der Waals surface area (Å²) in [7, 11) is 0. The van der Waals surface area contributed by atoms with Crippen molar-refractivity contribution >= 4 is 0 Å². The van der Waals surface area contributed by atoms with Crippen LogP contribution in [-0.4, -0.2) is 4.57 Å². The van der Waals surface area contributed by atoms with Gasteiger partial charge in [-0.1, -0.05) is 83.4 Å². The molecule has 144 valence electrons. The van der Waals surface area contributed by atoms with Crippen molar-refractivity contribution in [3.8, 4) is 5.69 Å². The molecule has 2 rings (SSSR count). The van der Waals surface area contributed by atoms with Crippen LogP contribution < -0.4 is 4.57 Å². The van der Waals surface area contributed by atoms with Crippen LogP contribution in [0.25, 0.3) is 5.69 Å². The average Bonchev–Trinajstić information content (AvgIpc) is 3.08. The smallest absolute Gasteiger partial charge is 0.234 e. The maximum absolute atomic E-state index is 2.50. The molecule has 0 saturated carbocycles. The minimum atomic E-state index is 1.16. The number of para-hydroxylation sites is 1. The van der Waals surface area contributed by atoms with Crippen molar-refractivity contribution in [3.05, 3.63) is 48.5 Å². The highest BCUT2D eigenvalue weighted by molar-refractivity contribution is 5.31. The fraction of sp³-hybridized carbons (Fsp3) is 0.625. The number of aryl methyl sites for hydroxylation is 1. The van der Waals surface area contributed by atoms with Gasteiger partial charge < -0.3 is 0 Å². The van der Waals surface area contributed by atoms with Gasteiger partial charge in [0.2, 0.25) is 0 Å². The minimum Gasteiger partial charge on any atom is -0.234 e. The molecule has 0 atom stereocenters. The van der Waals surface area contributed by atoms with E-state index in [1.54, 1.807) is 0 Å². The average molecular weight is 356 g/mol. The van der Waals surface area contributed by atoms with Crippen LogP contribution in [0.3, 0.4) is 0 Å². The fourth-order valence-electron chi connectivity index (χ4n) is 3.70. The first-order valence-electron chi connectivity index (χ1n) is 11.0. The molecule has 0 aliphatic carbocycles. The maximum Gasteiger partial charge on any atom is 0.261 e. The molecule has 0 saturated heterocycles. The van der Waals surface area contributed by atoms with Crippen molar-refractivity contribution < 1.29 is 4.57 Å². The monoisotopic (exact) mass is 355 g/mol. The quantitative estimate of drug-likeness (QED) is 0.265. The number of imidazole rings is 1. The normalized spacial score (nSPS) is 11.2. The zero-order valence-electron chi connectivity index (χ0n) is 17.1. The predicted molar refractivity (Wildman–Crippen MR) is 112 cm³/mol. The zero-order chi connectivity index (χ0) is 18.5. The van der Waals surface area contributed by atoms with E-state index in [1.807, 2.05) is 0 Å². The van der Waals surface area contributed by atoms with Gasteiger partial charge in [0.05, 0.1) is 6.54 Å². The maximum atomic E-state index is 2.50. The molecule has 0 fully saturated rings. The molecule has 0 amide bonds. The third-order valence-electron chi connectivity index (χ3n) is 5.30. The molecule has 2 aromatic rings. The molecule has 0 spiro atoms. The Morgan fingerprint density at radius 3 is 2.04 bits per heavy atom. The molecule has 0 bridgehead atoms. The van der Waals surface area contributed by atoms with Gasteiger partial charge in [-0.2, -0.15) is 4.57 Å². The first kappa shape index (κ1) is 20.7. The molecule has 0 unspecified atom stereocenters. The lowest BCUT2D eigenvalue weighted by Crippen LogP contribution is -2.37. The van der Waals surface area contributed by atoms with Gasteiger partial charge in [-0.15, -0.1) is 0 Å². The van der Waals surface area contributed by atoms with E-state index in [4.69, 9.17) is 0 Å². The lowest BCUT2D eigenvalue weighted by molar-refractivity contribution is -0.704. The molecule has 2 heteroatoms. The van der Waals surface area contributed by atoms with Gasteiger partial charge in [0.15, 0.2) is 0 Å². The Kier molecular flexibility index (Phi) is 10.2. The number of benzene rings is 1. The molecular weight excluding hydrogens is 316 g/mol. The molecule has 26 heavy (non-hydrogen) atoms. The second kappa shape index (κ2) is 12.7. The third kappa shape index (κ3) is 6.97. The van der Waals surface area contributed by atoms with Gasteiger partial charge in [-0.3, -0.25) is 0 Å². The van der Waals surface area contributed by atoms with E-state index in [0.29, 0.717) is 0 Å². The van der Waals surface area contributed by atoms with Crippen LogP contribution in [0.15, 0.2) is 42.7 Å². The predicted octanol–water partition coefficient (Wildman–Crippen LogP) is 6.64. The summed E-state index contributed by atoms with van der Waals surface area (Å²) in [5, 5.41) is 0. The summed E-state index contributed by atoms with van der Waals surface area (Å²) in [6, 6.07) is 10.8. The van der Waals surface area contributed by atoms with E-state index in [1.165, 1.54) is 88.6 Å². The highest BCUT2D eigenvalue weighted by Gasteiger charge is 2.18. The number of hydrogen-bond donors (Lipinski definition) is 0. The van der Waals surface area contributed by atoms with E-state index in [2.05, 4.69) is 65.7 Å². The van der Waals surface area contributed by atoms with Crippen molar-refractivity contribution in [2.24, 2.45) is 0 Å². The van der Waals surface area contributed by atoms with Gasteiger partial charge >= 0.3 is 0 Å². The summed E-state index contributed by atoms with van der Waals surface area (Å²) >= 11 is 0. The molecule has 0 radical (unpaired) electrons. The highest BCUT2D eigenvalue weighted by Crippen LogP contribution is 2.14. The van der Waals surface area contributed by atoms with Gasteiger partial charge in [-0.05, 0) is 31.4 Å². The van der Waals surface area contributed by atoms with Crippen LogP contribution in [0.4, 0.5) is 0 Å². The topological polar surface area (TPSA) is 8.81 Å². The van der Waals surface area contributed by atoms with Crippen molar-refractivity contribution in [2.75, 3.05) is 0 Å². The van der Waals surface area contributed by atoms with Crippen LogP contribution in [0.5, 0.6) is 0 Å². The second-order valence-corrected chi connectivity index (χ2v) is 7.55. The van der Waals surface area contributed by atoms with Gasteiger partial charge in [-0.25, -0.2) is 4.57 Å². The Labute approximate surface area is 161 Å². The molecule has 1 heterocycles. The lowest BCUT2D eigenvalue weighted by atomic mass is 10.1. The zero-order valence-corrected chi connectivity index (χ0v) is 17.1. The Bertz CT molecular complexity index is 586. The standard InChI is InChI=1S/C24H39N2/c1-3-5-7-9-10-11-15-19-24-25(20-16-8-6-4-2)21-22-26(24)23-17-13-12-14-18-23/h12-14,17-18,21-22H,3-11,15-16,19-20H2,1-2H3/q+1. The summed E-state index contributed by atoms with van der Waals surface area (Å²) in [5.74, 6) is 1.47. The molecule has 0 aliphatic heterocycles. The first-order valence-corrected chi connectivity index (χ1v) is 11.0. The van der Waals surface area contributed by atoms with E-state index < -0.39 is 0 Å². The number of nitrogens with zero attached hydrogens (tertiary/aromatic N) is 2. The van der Waals surface area contributed by atoms with Gasteiger partial charge in [0, 0.05) is 6.42 Å². The summed E-state index contributed by atoms with van der Waals surface area (Å²) in [6.45, 7) is 5.73. The van der Waals surface area contributed by atoms with E-state index in [0.717, 1.165) is 6.54 Å². The number of hydrogen-bond acceptors (Lipinski definition) is 0. The van der Waals surface area contributed by atoms with Crippen LogP contribution in [0.2, 0.25) is 0 Å². The highest BCUT2D eigenvalue weighted by atomic mass is 15.1. The summed E-state index contributed by atoms with van der Waals surface area (Å²) in [5.41, 5.74) is 1.29. The lowest BCUT2D eigenvalue weighted by Gasteiger charge is -2.06. The molecular formula is C24H39N2+. The van der Waals surface area contributed by atoms with Crippen molar-refractivity contribution in [1.82, 2.24) is 4.57 Å². The summed E-state index contributed by atoms with van der Waals surface area (Å²) in [6.07, 6.45) is 20.6. The second-order valence-electron chi connectivity index (χ2n) is 7.55. The fourth-order valence-corrected chi connectivity index (χ4v) is 3.70. The Hall–Kier alpha value is -1.57. The summed E-state index contributed by atoms with van der Waals surface area (Å²) < 4.78 is 4.90. The van der Waals surface area contributed by atoms with Crippen molar-refractivity contribution in [1.29, 1.82) is 0 Å². The number of aromatic nitrogens is 2. The minimum absolute atomic E-state index is 1.16. The largest absolute Gasteiger partial charge is 0.261 e. The van der Waals surface area contributed by atoms with Crippen LogP contribution in [0, 0.1) is 0 Å². The molecule has 0 aliphatic rings. The van der Waals surface area contributed by atoms with Crippen LogP contribution >= 0.6 is 0 Å². The van der Waals surface area contributed by atoms with Crippen molar-refractivity contribution in [3.63, 3.8) is 0 Å². The molecule has 2 nitrogen and oxygen atoms in total. The van der Waals surface area contributed by atoms with Crippen LogP contribution in [0.1, 0.15) is 90.3 Å². The first-order chi connectivity index (χ1) is 12.9. The Balaban J connectivity index is 1.94. The van der Waals surface area contributed by atoms with Crippen LogP contribution in [-0.2, 0) is 13.0 Å². The SMILES string of the molecule is CCCCCCCCCc1n(-c2ccccc2)cc[n+]1CCCCCC. The Morgan fingerprint density at radius 1 is 0.731 bits per heavy atom. The van der Waals surface area contributed by atoms with Gasteiger partial charge in [0.25, 0.3) is 5.82 Å². The molecule has 1 aromatic heterocycles. The van der Waals surface area contributed by atoms with E-state index in [-0.39, 0.29) is 0 Å². The Morgan fingerprint density at radius 2 is 1.35 bits per heavy atom. The molecule has 1 aromatic carbocycles. The van der Waals surface area contributed by atoms with E-state index >= 15 is 0 Å². The number of rotatable bonds is 14. The third-order valence-corrected chi connectivity index (χ3v) is 5.30. The van der Waals surface area contributed by atoms with Crippen molar-refractivity contribution in [2.45, 2.75) is 97.4 Å². The van der Waals surface area contributed by atoms with Gasteiger partial charge in [0.1, 0.15) is 18.1 Å². The molecule has 0 N–H and O–H groups in total.